The van der Waals surface area contributed by atoms with E-state index < -0.39 is 0 Å². The lowest BCUT2D eigenvalue weighted by Crippen LogP contribution is -2.34. The van der Waals surface area contributed by atoms with Crippen LogP contribution in [0.15, 0.2) is 35.5 Å². The van der Waals surface area contributed by atoms with Crippen molar-refractivity contribution in [3.05, 3.63) is 41.4 Å². The van der Waals surface area contributed by atoms with E-state index in [1.165, 1.54) is 4.90 Å². The van der Waals surface area contributed by atoms with Crippen LogP contribution in [-0.2, 0) is 13.5 Å². The van der Waals surface area contributed by atoms with Crippen molar-refractivity contribution < 1.29 is 0 Å². The topological polar surface area (TPSA) is 42.7 Å². The summed E-state index contributed by atoms with van der Waals surface area (Å²) in [6.07, 6.45) is 3.62. The Kier molecular flexibility index (Phi) is 6.54. The molecule has 1 aromatic carbocycles. The zero-order chi connectivity index (χ0) is 15.1. The fourth-order valence-electron chi connectivity index (χ4n) is 1.99. The third kappa shape index (κ3) is 5.34. The van der Waals surface area contributed by atoms with Gasteiger partial charge >= 0.3 is 0 Å². The van der Waals surface area contributed by atoms with Crippen LogP contribution in [0.4, 0.5) is 0 Å². The van der Waals surface area contributed by atoms with E-state index in [1.54, 1.807) is 6.33 Å². The van der Waals surface area contributed by atoms with Gasteiger partial charge in [0.05, 0.1) is 0 Å². The number of rotatable bonds is 8. The second kappa shape index (κ2) is 8.41. The summed E-state index contributed by atoms with van der Waals surface area (Å²) < 4.78 is 1.84. The molecular weight excluding hydrogens is 304 g/mol. The highest BCUT2D eigenvalue weighted by Crippen LogP contribution is 2.21. The number of hydrogen-bond donors (Lipinski definition) is 1. The van der Waals surface area contributed by atoms with E-state index in [4.69, 9.17) is 11.6 Å². The van der Waals surface area contributed by atoms with Crippen molar-refractivity contribution in [2.24, 2.45) is 7.05 Å². The molecule has 2 aromatic rings. The highest BCUT2D eigenvalue weighted by Gasteiger charge is 2.12. The summed E-state index contributed by atoms with van der Waals surface area (Å²) >= 11 is 7.75. The fraction of sp³-hybridized carbons (Fsp3) is 0.467. The number of nitrogens with one attached hydrogen (secondary N) is 1. The smallest absolute Gasteiger partial charge is 0.138 e. The van der Waals surface area contributed by atoms with Crippen molar-refractivity contribution in [1.82, 2.24) is 20.1 Å². The number of hydrogen-bond acceptors (Lipinski definition) is 4. The first-order valence-electron chi connectivity index (χ1n) is 7.13. The molecule has 4 nitrogen and oxygen atoms in total. The number of nitrogens with zero attached hydrogens (tertiary/aromatic N) is 3. The van der Waals surface area contributed by atoms with Crippen LogP contribution in [-0.4, -0.2) is 33.1 Å². The molecule has 6 heteroatoms. The van der Waals surface area contributed by atoms with Gasteiger partial charge in [-0.3, -0.25) is 4.68 Å². The van der Waals surface area contributed by atoms with E-state index in [-0.39, 0.29) is 0 Å². The molecular formula is C15H21ClN4S. The predicted octanol–water partition coefficient (Wildman–Crippen LogP) is 3.17. The molecule has 0 aliphatic carbocycles. The number of aryl methyl sites for hydroxylation is 1. The van der Waals surface area contributed by atoms with Gasteiger partial charge in [0, 0.05) is 35.2 Å². The van der Waals surface area contributed by atoms with Crippen molar-refractivity contribution in [1.29, 1.82) is 0 Å². The van der Waals surface area contributed by atoms with Crippen molar-refractivity contribution in [2.75, 3.05) is 12.3 Å². The van der Waals surface area contributed by atoms with E-state index in [1.807, 2.05) is 35.6 Å². The van der Waals surface area contributed by atoms with E-state index in [0.717, 1.165) is 36.0 Å². The SMILES string of the molecule is CCCNC(CSc1ccc(Cl)cc1)Cc1ncnn1C. The van der Waals surface area contributed by atoms with Crippen molar-refractivity contribution in [3.8, 4) is 0 Å². The molecule has 0 bridgehead atoms. The Hall–Kier alpha value is -1.04. The second-order valence-electron chi connectivity index (χ2n) is 4.92. The fourth-order valence-corrected chi connectivity index (χ4v) is 3.08. The van der Waals surface area contributed by atoms with Gasteiger partial charge in [-0.1, -0.05) is 18.5 Å². The first-order valence-corrected chi connectivity index (χ1v) is 8.50. The van der Waals surface area contributed by atoms with Gasteiger partial charge in [0.25, 0.3) is 0 Å². The van der Waals surface area contributed by atoms with Crippen molar-refractivity contribution >= 4 is 23.4 Å². The lowest BCUT2D eigenvalue weighted by molar-refractivity contribution is 0.526. The van der Waals surface area contributed by atoms with Crippen LogP contribution in [0.1, 0.15) is 19.2 Å². The summed E-state index contributed by atoms with van der Waals surface area (Å²) in [5.41, 5.74) is 0. The van der Waals surface area contributed by atoms with Gasteiger partial charge in [0.15, 0.2) is 0 Å². The minimum Gasteiger partial charge on any atom is -0.313 e. The first-order chi connectivity index (χ1) is 10.2. The van der Waals surface area contributed by atoms with Gasteiger partial charge in [-0.2, -0.15) is 5.10 Å². The Bertz CT molecular complexity index is 541. The summed E-state index contributed by atoms with van der Waals surface area (Å²) in [4.78, 5) is 5.55. The minimum absolute atomic E-state index is 0.383. The maximum absolute atomic E-state index is 5.92. The Morgan fingerprint density at radius 2 is 2.10 bits per heavy atom. The molecule has 1 heterocycles. The molecule has 1 aromatic heterocycles. The van der Waals surface area contributed by atoms with E-state index in [0.29, 0.717) is 6.04 Å². The summed E-state index contributed by atoms with van der Waals surface area (Å²) in [5, 5.41) is 8.50. The molecule has 0 saturated heterocycles. The van der Waals surface area contributed by atoms with Crippen LogP contribution in [0, 0.1) is 0 Å². The normalized spacial score (nSPS) is 12.5. The summed E-state index contributed by atoms with van der Waals surface area (Å²) in [6.45, 7) is 3.20. The average Bonchev–Trinajstić information content (AvgIpc) is 2.89. The Morgan fingerprint density at radius 1 is 1.33 bits per heavy atom. The van der Waals surface area contributed by atoms with Gasteiger partial charge in [-0.15, -0.1) is 11.8 Å². The molecule has 0 radical (unpaired) electrons. The molecule has 1 N–H and O–H groups in total. The maximum Gasteiger partial charge on any atom is 0.138 e. The Balaban J connectivity index is 1.92. The molecule has 0 aliphatic heterocycles. The van der Waals surface area contributed by atoms with Gasteiger partial charge in [-0.05, 0) is 37.2 Å². The van der Waals surface area contributed by atoms with Crippen molar-refractivity contribution in [2.45, 2.75) is 30.7 Å². The molecule has 0 saturated carbocycles. The molecule has 0 spiro atoms. The van der Waals surface area contributed by atoms with Crippen LogP contribution in [0.25, 0.3) is 0 Å². The number of aromatic nitrogens is 3. The third-order valence-electron chi connectivity index (χ3n) is 3.18. The lowest BCUT2D eigenvalue weighted by atomic mass is 10.2. The number of thioether (sulfide) groups is 1. The molecule has 0 aliphatic rings. The number of benzene rings is 1. The monoisotopic (exact) mass is 324 g/mol. The molecule has 1 unspecified atom stereocenters. The van der Waals surface area contributed by atoms with Crippen LogP contribution < -0.4 is 5.32 Å². The molecule has 2 rings (SSSR count). The zero-order valence-corrected chi connectivity index (χ0v) is 14.0. The van der Waals surface area contributed by atoms with Crippen LogP contribution >= 0.6 is 23.4 Å². The molecule has 21 heavy (non-hydrogen) atoms. The molecule has 114 valence electrons. The van der Waals surface area contributed by atoms with Crippen LogP contribution in [0.5, 0.6) is 0 Å². The van der Waals surface area contributed by atoms with Crippen molar-refractivity contribution in [3.63, 3.8) is 0 Å². The summed E-state index contributed by atoms with van der Waals surface area (Å²) in [7, 11) is 1.94. The minimum atomic E-state index is 0.383. The molecule has 0 amide bonds. The van der Waals surface area contributed by atoms with E-state index >= 15 is 0 Å². The summed E-state index contributed by atoms with van der Waals surface area (Å²) in [6, 6.07) is 8.37. The number of halogens is 1. The Labute approximate surface area is 135 Å². The van der Waals surface area contributed by atoms with Crippen LogP contribution in [0.3, 0.4) is 0 Å². The molecule has 1 atom stereocenters. The third-order valence-corrected chi connectivity index (χ3v) is 4.61. The predicted molar refractivity (Wildman–Crippen MR) is 89.0 cm³/mol. The van der Waals surface area contributed by atoms with Gasteiger partial charge in [0.1, 0.15) is 12.2 Å². The van der Waals surface area contributed by atoms with E-state index in [2.05, 4.69) is 34.5 Å². The van der Waals surface area contributed by atoms with E-state index in [9.17, 15) is 0 Å². The largest absolute Gasteiger partial charge is 0.313 e. The van der Waals surface area contributed by atoms with Crippen LogP contribution in [0.2, 0.25) is 5.02 Å². The summed E-state index contributed by atoms with van der Waals surface area (Å²) in [5.74, 6) is 2.01. The van der Waals surface area contributed by atoms with Gasteiger partial charge < -0.3 is 5.32 Å². The zero-order valence-electron chi connectivity index (χ0n) is 12.4. The average molecular weight is 325 g/mol. The first kappa shape index (κ1) is 16.3. The van der Waals surface area contributed by atoms with Gasteiger partial charge in [0.2, 0.25) is 0 Å². The van der Waals surface area contributed by atoms with Gasteiger partial charge in [-0.25, -0.2) is 4.98 Å². The highest BCUT2D eigenvalue weighted by molar-refractivity contribution is 7.99. The maximum atomic E-state index is 5.92. The Morgan fingerprint density at radius 3 is 2.71 bits per heavy atom. The molecule has 0 fully saturated rings. The standard InChI is InChI=1S/C15H21ClN4S/c1-3-8-17-13(9-15-18-11-19-20(15)2)10-21-14-6-4-12(16)5-7-14/h4-7,11,13,17H,3,8-10H2,1-2H3. The highest BCUT2D eigenvalue weighted by atomic mass is 35.5. The lowest BCUT2D eigenvalue weighted by Gasteiger charge is -2.17. The second-order valence-corrected chi connectivity index (χ2v) is 6.45. The quantitative estimate of drug-likeness (QED) is 0.757.